The number of benzene rings is 2. The second kappa shape index (κ2) is 6.83. The standard InChI is InChI=1S/C17H10Cl2N2O2S3/c18-12-6-5-10(9-13(12)19)26(22,23)21-17-11(7-8-24-17)16-20-14-3-1-2-4-15(14)25-16/h1-9,21H. The van der Waals surface area contributed by atoms with Crippen molar-refractivity contribution in [3.63, 3.8) is 0 Å². The highest BCUT2D eigenvalue weighted by Crippen LogP contribution is 2.38. The Morgan fingerprint density at radius 2 is 1.81 bits per heavy atom. The predicted molar refractivity (Wildman–Crippen MR) is 110 cm³/mol. The molecule has 0 radical (unpaired) electrons. The molecule has 2 aromatic heterocycles. The number of thiazole rings is 1. The minimum Gasteiger partial charge on any atom is -0.270 e. The van der Waals surface area contributed by atoms with Gasteiger partial charge in [-0.05, 0) is 41.8 Å². The molecule has 0 saturated carbocycles. The second-order valence-electron chi connectivity index (χ2n) is 5.33. The highest BCUT2D eigenvalue weighted by molar-refractivity contribution is 7.93. The van der Waals surface area contributed by atoms with E-state index in [1.807, 2.05) is 35.7 Å². The molecule has 0 amide bonds. The van der Waals surface area contributed by atoms with Crippen LogP contribution in [0.15, 0.2) is 58.8 Å². The van der Waals surface area contributed by atoms with Crippen LogP contribution in [0.4, 0.5) is 5.00 Å². The maximum Gasteiger partial charge on any atom is 0.262 e. The van der Waals surface area contributed by atoms with E-state index in [-0.39, 0.29) is 9.92 Å². The Morgan fingerprint density at radius 3 is 2.58 bits per heavy atom. The lowest BCUT2D eigenvalue weighted by Gasteiger charge is -2.08. The molecule has 0 bridgehead atoms. The first-order chi connectivity index (χ1) is 12.4. The van der Waals surface area contributed by atoms with E-state index in [1.54, 1.807) is 0 Å². The van der Waals surface area contributed by atoms with E-state index in [1.165, 1.54) is 40.9 Å². The van der Waals surface area contributed by atoms with Crippen LogP contribution in [-0.4, -0.2) is 13.4 Å². The van der Waals surface area contributed by atoms with Gasteiger partial charge in [-0.25, -0.2) is 13.4 Å². The predicted octanol–water partition coefficient (Wildman–Crippen LogP) is 6.13. The Labute approximate surface area is 168 Å². The number of hydrogen-bond donors (Lipinski definition) is 1. The highest BCUT2D eigenvalue weighted by atomic mass is 35.5. The van der Waals surface area contributed by atoms with Gasteiger partial charge in [0.25, 0.3) is 10.0 Å². The van der Waals surface area contributed by atoms with E-state index in [2.05, 4.69) is 9.71 Å². The minimum atomic E-state index is -3.79. The van der Waals surface area contributed by atoms with Gasteiger partial charge in [0.05, 0.1) is 25.2 Å². The summed E-state index contributed by atoms with van der Waals surface area (Å²) < 4.78 is 29.1. The molecule has 0 fully saturated rings. The van der Waals surface area contributed by atoms with Gasteiger partial charge in [-0.15, -0.1) is 22.7 Å². The smallest absolute Gasteiger partial charge is 0.262 e. The molecule has 0 spiro atoms. The van der Waals surface area contributed by atoms with Crippen LogP contribution in [0.2, 0.25) is 10.0 Å². The summed E-state index contributed by atoms with van der Waals surface area (Å²) in [5, 5.41) is 3.59. The van der Waals surface area contributed by atoms with Gasteiger partial charge in [-0.1, -0.05) is 35.3 Å². The number of nitrogens with zero attached hydrogens (tertiary/aromatic N) is 1. The normalized spacial score (nSPS) is 11.8. The largest absolute Gasteiger partial charge is 0.270 e. The number of para-hydroxylation sites is 1. The Kier molecular flexibility index (Phi) is 4.66. The van der Waals surface area contributed by atoms with E-state index >= 15 is 0 Å². The van der Waals surface area contributed by atoms with Crippen LogP contribution >= 0.6 is 45.9 Å². The zero-order valence-electron chi connectivity index (χ0n) is 12.9. The fraction of sp³-hybridized carbons (Fsp3) is 0. The van der Waals surface area contributed by atoms with Crippen LogP contribution in [0, 0.1) is 0 Å². The number of thiophene rings is 1. The van der Waals surface area contributed by atoms with Crippen molar-refractivity contribution < 1.29 is 8.42 Å². The van der Waals surface area contributed by atoms with Crippen LogP contribution in [0.5, 0.6) is 0 Å². The molecule has 4 aromatic rings. The number of rotatable bonds is 4. The van der Waals surface area contributed by atoms with Crippen molar-refractivity contribution in [2.24, 2.45) is 0 Å². The number of nitrogens with one attached hydrogen (secondary N) is 1. The first-order valence-corrected chi connectivity index (χ1v) is 11.3. The summed E-state index contributed by atoms with van der Waals surface area (Å²) >= 11 is 14.6. The molecule has 4 nitrogen and oxygen atoms in total. The third kappa shape index (κ3) is 3.33. The summed E-state index contributed by atoms with van der Waals surface area (Å²) in [6.45, 7) is 0. The molecule has 0 atom stereocenters. The van der Waals surface area contributed by atoms with E-state index in [0.29, 0.717) is 10.0 Å². The quantitative estimate of drug-likeness (QED) is 0.414. The topological polar surface area (TPSA) is 59.1 Å². The second-order valence-corrected chi connectivity index (χ2v) is 9.78. The van der Waals surface area contributed by atoms with Crippen molar-refractivity contribution in [3.8, 4) is 10.6 Å². The first-order valence-electron chi connectivity index (χ1n) is 7.35. The first kappa shape index (κ1) is 17.8. The van der Waals surface area contributed by atoms with Gasteiger partial charge >= 0.3 is 0 Å². The molecular formula is C17H10Cl2N2O2S3. The van der Waals surface area contributed by atoms with Gasteiger partial charge < -0.3 is 0 Å². The van der Waals surface area contributed by atoms with Gasteiger partial charge in [0.1, 0.15) is 10.0 Å². The number of halogens is 2. The SMILES string of the molecule is O=S(=O)(Nc1sccc1-c1nc2ccccc2s1)c1ccc(Cl)c(Cl)c1. The van der Waals surface area contributed by atoms with Gasteiger partial charge in [0.2, 0.25) is 0 Å². The Balaban J connectivity index is 1.71. The van der Waals surface area contributed by atoms with Crippen molar-refractivity contribution in [1.29, 1.82) is 0 Å². The zero-order valence-corrected chi connectivity index (χ0v) is 16.9. The van der Waals surface area contributed by atoms with Crippen molar-refractivity contribution in [2.75, 3.05) is 4.72 Å². The van der Waals surface area contributed by atoms with Crippen molar-refractivity contribution in [2.45, 2.75) is 4.90 Å². The third-order valence-corrected chi connectivity index (χ3v) is 7.73. The molecule has 0 aliphatic rings. The number of aromatic nitrogens is 1. The average molecular weight is 441 g/mol. The molecule has 2 heterocycles. The Hall–Kier alpha value is -1.64. The third-order valence-electron chi connectivity index (χ3n) is 3.62. The molecule has 1 N–H and O–H groups in total. The van der Waals surface area contributed by atoms with Crippen LogP contribution in [0.3, 0.4) is 0 Å². The molecule has 26 heavy (non-hydrogen) atoms. The molecule has 0 aliphatic heterocycles. The van der Waals surface area contributed by atoms with Crippen molar-refractivity contribution >= 4 is 71.1 Å². The maximum absolute atomic E-state index is 12.7. The lowest BCUT2D eigenvalue weighted by Crippen LogP contribution is -2.12. The fourth-order valence-electron chi connectivity index (χ4n) is 2.37. The van der Waals surface area contributed by atoms with Crippen LogP contribution < -0.4 is 4.72 Å². The van der Waals surface area contributed by atoms with E-state index in [9.17, 15) is 8.42 Å². The molecule has 0 saturated heterocycles. The highest BCUT2D eigenvalue weighted by Gasteiger charge is 2.20. The fourth-order valence-corrected chi connectivity index (χ4v) is 5.94. The number of anilines is 1. The lowest BCUT2D eigenvalue weighted by atomic mass is 10.3. The molecular weight excluding hydrogens is 431 g/mol. The number of sulfonamides is 1. The van der Waals surface area contributed by atoms with E-state index in [0.717, 1.165) is 20.8 Å². The molecule has 0 aliphatic carbocycles. The summed E-state index contributed by atoms with van der Waals surface area (Å²) in [7, 11) is -3.79. The maximum atomic E-state index is 12.7. The lowest BCUT2D eigenvalue weighted by molar-refractivity contribution is 0.601. The molecule has 0 unspecified atom stereocenters. The summed E-state index contributed by atoms with van der Waals surface area (Å²) in [6, 6.07) is 13.9. The van der Waals surface area contributed by atoms with Crippen molar-refractivity contribution in [1.82, 2.24) is 4.98 Å². The summed E-state index contributed by atoms with van der Waals surface area (Å²) in [4.78, 5) is 4.65. The Morgan fingerprint density at radius 1 is 1.00 bits per heavy atom. The molecule has 9 heteroatoms. The Bertz CT molecular complexity index is 1180. The van der Waals surface area contributed by atoms with Gasteiger partial charge in [0.15, 0.2) is 0 Å². The summed E-state index contributed by atoms with van der Waals surface area (Å²) in [5.41, 5.74) is 1.64. The molecule has 2 aromatic carbocycles. The van der Waals surface area contributed by atoms with Gasteiger partial charge in [-0.2, -0.15) is 0 Å². The monoisotopic (exact) mass is 440 g/mol. The van der Waals surface area contributed by atoms with Crippen LogP contribution in [0.25, 0.3) is 20.8 Å². The summed E-state index contributed by atoms with van der Waals surface area (Å²) in [6.07, 6.45) is 0. The minimum absolute atomic E-state index is 0.0514. The van der Waals surface area contributed by atoms with Gasteiger partial charge in [0, 0.05) is 5.56 Å². The molecule has 132 valence electrons. The van der Waals surface area contributed by atoms with E-state index < -0.39 is 10.0 Å². The van der Waals surface area contributed by atoms with E-state index in [4.69, 9.17) is 23.2 Å². The molecule has 4 rings (SSSR count). The number of hydrogen-bond acceptors (Lipinski definition) is 5. The zero-order chi connectivity index (χ0) is 18.3. The van der Waals surface area contributed by atoms with Crippen molar-refractivity contribution in [3.05, 3.63) is 64.0 Å². The summed E-state index contributed by atoms with van der Waals surface area (Å²) in [5.74, 6) is 0. The van der Waals surface area contributed by atoms with Crippen LogP contribution in [0.1, 0.15) is 0 Å². The number of fused-ring (bicyclic) bond motifs is 1. The van der Waals surface area contributed by atoms with Gasteiger partial charge in [-0.3, -0.25) is 4.72 Å². The average Bonchev–Trinajstić information content (AvgIpc) is 3.22. The van der Waals surface area contributed by atoms with Crippen LogP contribution in [-0.2, 0) is 10.0 Å².